The monoisotopic (exact) mass is 348 g/mol. The van der Waals surface area contributed by atoms with Gasteiger partial charge in [-0.2, -0.15) is 0 Å². The van der Waals surface area contributed by atoms with E-state index in [1.165, 1.54) is 0 Å². The fourth-order valence-electron chi connectivity index (χ4n) is 0.170. The molecular formula is C2H9Na2O11P3. The fourth-order valence-corrected chi connectivity index (χ4v) is 1.53. The Morgan fingerprint density at radius 3 is 0.944 bits per heavy atom. The van der Waals surface area contributed by atoms with Crippen molar-refractivity contribution < 1.29 is 112 Å². The Morgan fingerprint density at radius 2 is 0.944 bits per heavy atom. The molecule has 0 unspecified atom stereocenters. The van der Waals surface area contributed by atoms with Gasteiger partial charge in [-0.25, -0.2) is 0 Å². The first-order valence-electron chi connectivity index (χ1n) is 3.08. The summed E-state index contributed by atoms with van der Waals surface area (Å²) in [6.45, 7) is 0.383. The molecule has 0 aromatic heterocycles. The van der Waals surface area contributed by atoms with Gasteiger partial charge in [0.25, 0.3) is 5.08 Å². The Bertz CT molecular complexity index is 328. The van der Waals surface area contributed by atoms with Crippen LogP contribution in [-0.2, 0) is 13.7 Å². The molecule has 11 nitrogen and oxygen atoms in total. The van der Waals surface area contributed by atoms with Gasteiger partial charge < -0.3 is 43.9 Å². The average Bonchev–Trinajstić information content (AvgIpc) is 1.76. The van der Waals surface area contributed by atoms with Crippen molar-refractivity contribution in [2.24, 2.45) is 0 Å². The predicted octanol–water partition coefficient (Wildman–Crippen LogP) is -9.18. The van der Waals surface area contributed by atoms with Gasteiger partial charge in [0.05, 0.1) is 7.82 Å². The smallest absolute Gasteiger partial charge is 0.790 e. The molecule has 0 spiro atoms. The molecule has 0 aliphatic carbocycles. The van der Waals surface area contributed by atoms with Crippen molar-refractivity contribution >= 4 is 23.0 Å². The zero-order valence-electron chi connectivity index (χ0n) is 9.57. The largest absolute Gasteiger partial charge is 1.00 e. The van der Waals surface area contributed by atoms with Crippen LogP contribution in [0.5, 0.6) is 0 Å². The van der Waals surface area contributed by atoms with Crippen LogP contribution >= 0.6 is 23.0 Å². The molecule has 0 saturated heterocycles. The molecular weight excluding hydrogens is 339 g/mol. The van der Waals surface area contributed by atoms with Gasteiger partial charge in [0.15, 0.2) is 0 Å². The van der Waals surface area contributed by atoms with Crippen LogP contribution < -0.4 is 68.9 Å². The second-order valence-corrected chi connectivity index (χ2v) is 7.74. The molecule has 0 bridgehead atoms. The Morgan fingerprint density at radius 1 is 0.833 bits per heavy atom. The molecule has 0 rings (SSSR count). The number of hydrogen-bond donors (Lipinski definition) is 6. The van der Waals surface area contributed by atoms with Crippen LogP contribution in [0.3, 0.4) is 0 Å². The van der Waals surface area contributed by atoms with Crippen LogP contribution in [-0.4, -0.2) is 34.7 Å². The van der Waals surface area contributed by atoms with Crippen molar-refractivity contribution in [1.29, 1.82) is 0 Å². The van der Waals surface area contributed by atoms with Crippen molar-refractivity contribution in [3.63, 3.8) is 0 Å². The predicted molar refractivity (Wildman–Crippen MR) is 44.5 cm³/mol. The molecule has 0 saturated carbocycles. The molecule has 18 heavy (non-hydrogen) atoms. The van der Waals surface area contributed by atoms with Gasteiger partial charge in [-0.15, -0.1) is 0 Å². The van der Waals surface area contributed by atoms with Crippen molar-refractivity contribution in [3.05, 3.63) is 0 Å². The maximum Gasteiger partial charge on any atom is 1.00 e. The third-order valence-corrected chi connectivity index (χ3v) is 4.87. The van der Waals surface area contributed by atoms with E-state index in [0.717, 1.165) is 0 Å². The second kappa shape index (κ2) is 9.40. The van der Waals surface area contributed by atoms with E-state index in [1.807, 2.05) is 0 Å². The topological polar surface area (TPSA) is 219 Å². The van der Waals surface area contributed by atoms with Crippen LogP contribution in [0.15, 0.2) is 0 Å². The van der Waals surface area contributed by atoms with Gasteiger partial charge >= 0.3 is 74.3 Å². The van der Waals surface area contributed by atoms with Crippen LogP contribution in [0.4, 0.5) is 0 Å². The number of hydrogen-bond acceptors (Lipinski definition) is 6. The first kappa shape index (κ1) is 28.5. The quantitative estimate of drug-likeness (QED) is 0.203. The standard InChI is InChI=1S/C2H8O7P2.2Na.H3O4P/c1-2(3,10(4,5)6)11(7,8)9;;;1-5(2,3)4/h3H,1H3,(H2,4,5,6)(H2,7,8,9);;;(H3,1,2,3,4)/q;2*+1;/p-2. The van der Waals surface area contributed by atoms with Gasteiger partial charge in [-0.3, -0.25) is 9.13 Å². The molecule has 0 amide bonds. The van der Waals surface area contributed by atoms with E-state index in [9.17, 15) is 9.13 Å². The fraction of sp³-hybridized carbons (Fsp3) is 1.00. The second-order valence-electron chi connectivity index (χ2n) is 2.53. The first-order chi connectivity index (χ1) is 6.50. The zero-order valence-corrected chi connectivity index (χ0v) is 16.2. The normalized spacial score (nSPS) is 12.5. The van der Waals surface area contributed by atoms with E-state index < -0.39 is 28.1 Å². The average molecular weight is 348 g/mol. The SMILES string of the molecule is CC(O)(P(=O)(O)O)P(=O)(O)O.O=P([O-])([O-])O.[Na+].[Na+]. The summed E-state index contributed by atoms with van der Waals surface area (Å²) in [6, 6.07) is 0. The van der Waals surface area contributed by atoms with Crippen LogP contribution in [0, 0.1) is 0 Å². The van der Waals surface area contributed by atoms with E-state index in [0.29, 0.717) is 6.92 Å². The molecule has 16 heteroatoms. The van der Waals surface area contributed by atoms with Gasteiger partial charge in [0, 0.05) is 0 Å². The summed E-state index contributed by atoms with van der Waals surface area (Å²) < 4.78 is 29.2. The number of rotatable bonds is 2. The van der Waals surface area contributed by atoms with E-state index in [4.69, 9.17) is 43.9 Å². The number of phosphoric acid groups is 1. The van der Waals surface area contributed by atoms with Crippen molar-refractivity contribution in [2.75, 3.05) is 0 Å². The first-order valence-corrected chi connectivity index (χ1v) is 7.80. The third-order valence-electron chi connectivity index (χ3n) is 1.10. The van der Waals surface area contributed by atoms with Crippen LogP contribution in [0.25, 0.3) is 0 Å². The molecule has 0 aliphatic rings. The van der Waals surface area contributed by atoms with Gasteiger partial charge in [-0.1, -0.05) is 0 Å². The Hall–Kier alpha value is 2.37. The maximum absolute atomic E-state index is 10.3. The maximum atomic E-state index is 10.3. The summed E-state index contributed by atoms with van der Waals surface area (Å²) in [5, 5.41) is 5.37. The molecule has 6 N–H and O–H groups in total. The molecule has 0 aromatic carbocycles. The summed E-state index contributed by atoms with van der Waals surface area (Å²) in [7, 11) is -15.5. The summed E-state index contributed by atoms with van der Waals surface area (Å²) in [5.41, 5.74) is 0. The summed E-state index contributed by atoms with van der Waals surface area (Å²) in [6.07, 6.45) is 0. The van der Waals surface area contributed by atoms with Crippen LogP contribution in [0.1, 0.15) is 6.92 Å². The van der Waals surface area contributed by atoms with E-state index in [1.54, 1.807) is 0 Å². The summed E-state index contributed by atoms with van der Waals surface area (Å²) in [5.74, 6) is 0. The van der Waals surface area contributed by atoms with Crippen LogP contribution in [0.2, 0.25) is 0 Å². The summed E-state index contributed by atoms with van der Waals surface area (Å²) in [4.78, 5) is 57.3. The third kappa shape index (κ3) is 13.4. The van der Waals surface area contributed by atoms with Crippen molar-refractivity contribution in [3.8, 4) is 0 Å². The van der Waals surface area contributed by atoms with E-state index in [-0.39, 0.29) is 59.1 Å². The molecule has 0 aromatic rings. The molecule has 0 heterocycles. The van der Waals surface area contributed by atoms with Crippen molar-refractivity contribution in [1.82, 2.24) is 0 Å². The minimum absolute atomic E-state index is 0. The summed E-state index contributed by atoms with van der Waals surface area (Å²) >= 11 is 0. The molecule has 0 radical (unpaired) electrons. The molecule has 0 fully saturated rings. The zero-order chi connectivity index (χ0) is 14.0. The van der Waals surface area contributed by atoms with E-state index >= 15 is 0 Å². The Kier molecular flexibility index (Phi) is 14.9. The van der Waals surface area contributed by atoms with E-state index in [2.05, 4.69) is 0 Å². The molecule has 100 valence electrons. The number of aliphatic hydroxyl groups is 1. The van der Waals surface area contributed by atoms with Gasteiger partial charge in [0.2, 0.25) is 0 Å². The molecule has 0 aliphatic heterocycles. The molecule has 0 atom stereocenters. The Balaban J connectivity index is -0.000000122. The Labute approximate surface area is 146 Å². The van der Waals surface area contributed by atoms with Gasteiger partial charge in [-0.05, 0) is 6.92 Å². The minimum atomic E-state index is -5.20. The van der Waals surface area contributed by atoms with Gasteiger partial charge in [0.1, 0.15) is 0 Å². The van der Waals surface area contributed by atoms with Crippen molar-refractivity contribution in [2.45, 2.75) is 12.0 Å². The minimum Gasteiger partial charge on any atom is -0.790 e.